The van der Waals surface area contributed by atoms with Gasteiger partial charge in [0.2, 0.25) is 0 Å². The van der Waals surface area contributed by atoms with Crippen LogP contribution in [-0.4, -0.2) is 11.0 Å². The van der Waals surface area contributed by atoms with Crippen LogP contribution in [0.25, 0.3) is 0 Å². The SMILES string of the molecule is Cc1nc(CC(N)Cc2ccc(Br)cc2)sc1C. The van der Waals surface area contributed by atoms with Gasteiger partial charge in [0.15, 0.2) is 0 Å². The number of hydrogen-bond acceptors (Lipinski definition) is 3. The minimum atomic E-state index is 0.135. The minimum absolute atomic E-state index is 0.135. The molecule has 0 amide bonds. The van der Waals surface area contributed by atoms with Crippen molar-refractivity contribution in [1.82, 2.24) is 4.98 Å². The number of nitrogens with two attached hydrogens (primary N) is 1. The highest BCUT2D eigenvalue weighted by molar-refractivity contribution is 9.10. The van der Waals surface area contributed by atoms with Crippen molar-refractivity contribution >= 4 is 27.3 Å². The molecule has 1 atom stereocenters. The Bertz CT molecular complexity index is 500. The number of rotatable bonds is 4. The first-order valence-electron chi connectivity index (χ1n) is 5.97. The smallest absolute Gasteiger partial charge is 0.0946 e. The van der Waals surface area contributed by atoms with Crippen LogP contribution in [0.3, 0.4) is 0 Å². The predicted octanol–water partition coefficient (Wildman–Crippen LogP) is 3.63. The highest BCUT2D eigenvalue weighted by Crippen LogP contribution is 2.18. The van der Waals surface area contributed by atoms with Gasteiger partial charge in [-0.2, -0.15) is 0 Å². The summed E-state index contributed by atoms with van der Waals surface area (Å²) in [5.41, 5.74) is 8.59. The molecule has 0 fully saturated rings. The van der Waals surface area contributed by atoms with Gasteiger partial charge in [-0.3, -0.25) is 0 Å². The standard InChI is InChI=1S/C14H17BrN2S/c1-9-10(2)18-14(17-9)8-13(16)7-11-3-5-12(15)6-4-11/h3-6,13H,7-8,16H2,1-2H3. The van der Waals surface area contributed by atoms with Crippen LogP contribution >= 0.6 is 27.3 Å². The Labute approximate surface area is 120 Å². The molecule has 18 heavy (non-hydrogen) atoms. The number of hydrogen-bond donors (Lipinski definition) is 1. The molecule has 0 radical (unpaired) electrons. The first kappa shape index (κ1) is 13.7. The molecular weight excluding hydrogens is 308 g/mol. The molecule has 0 aliphatic carbocycles. The van der Waals surface area contributed by atoms with Crippen molar-refractivity contribution in [3.63, 3.8) is 0 Å². The van der Waals surface area contributed by atoms with Gasteiger partial charge in [0.05, 0.1) is 10.7 Å². The van der Waals surface area contributed by atoms with Crippen molar-refractivity contribution in [3.8, 4) is 0 Å². The Morgan fingerprint density at radius 2 is 1.89 bits per heavy atom. The Balaban J connectivity index is 1.96. The lowest BCUT2D eigenvalue weighted by molar-refractivity contribution is 0.661. The molecule has 1 unspecified atom stereocenters. The summed E-state index contributed by atoms with van der Waals surface area (Å²) in [5.74, 6) is 0. The van der Waals surface area contributed by atoms with Crippen molar-refractivity contribution in [3.05, 3.63) is 49.9 Å². The number of benzene rings is 1. The van der Waals surface area contributed by atoms with Crippen molar-refractivity contribution in [2.75, 3.05) is 0 Å². The van der Waals surface area contributed by atoms with E-state index in [1.807, 2.05) is 0 Å². The van der Waals surface area contributed by atoms with Crippen molar-refractivity contribution in [2.45, 2.75) is 32.7 Å². The van der Waals surface area contributed by atoms with Crippen molar-refractivity contribution < 1.29 is 0 Å². The summed E-state index contributed by atoms with van der Waals surface area (Å²) in [6.07, 6.45) is 1.75. The molecule has 2 N–H and O–H groups in total. The van der Waals surface area contributed by atoms with E-state index in [4.69, 9.17) is 5.73 Å². The van der Waals surface area contributed by atoms with Gasteiger partial charge >= 0.3 is 0 Å². The average Bonchev–Trinajstić information content (AvgIpc) is 2.61. The molecule has 4 heteroatoms. The first-order chi connectivity index (χ1) is 8.54. The molecule has 0 saturated carbocycles. The van der Waals surface area contributed by atoms with E-state index >= 15 is 0 Å². The van der Waals surface area contributed by atoms with Crippen molar-refractivity contribution in [2.24, 2.45) is 5.73 Å². The minimum Gasteiger partial charge on any atom is -0.327 e. The van der Waals surface area contributed by atoms with Gasteiger partial charge in [0.1, 0.15) is 0 Å². The zero-order valence-electron chi connectivity index (χ0n) is 10.6. The quantitative estimate of drug-likeness (QED) is 0.932. The van der Waals surface area contributed by atoms with Crippen molar-refractivity contribution in [1.29, 1.82) is 0 Å². The van der Waals surface area contributed by atoms with Gasteiger partial charge in [0.25, 0.3) is 0 Å². The van der Waals surface area contributed by atoms with E-state index in [9.17, 15) is 0 Å². The van der Waals surface area contributed by atoms with Crippen LogP contribution in [0.1, 0.15) is 21.1 Å². The third-order valence-electron chi connectivity index (χ3n) is 2.92. The fourth-order valence-electron chi connectivity index (χ4n) is 1.85. The second kappa shape index (κ2) is 5.95. The van der Waals surface area contributed by atoms with Crippen LogP contribution in [0, 0.1) is 13.8 Å². The van der Waals surface area contributed by atoms with Gasteiger partial charge in [-0.05, 0) is 38.0 Å². The fourth-order valence-corrected chi connectivity index (χ4v) is 3.14. The lowest BCUT2D eigenvalue weighted by atomic mass is 10.0. The molecule has 2 nitrogen and oxygen atoms in total. The Hall–Kier alpha value is -0.710. The maximum absolute atomic E-state index is 6.19. The van der Waals surface area contributed by atoms with E-state index in [0.717, 1.165) is 28.0 Å². The van der Waals surface area contributed by atoms with E-state index in [2.05, 4.69) is 59.0 Å². The van der Waals surface area contributed by atoms with E-state index in [-0.39, 0.29) is 6.04 Å². The number of aromatic nitrogens is 1. The molecule has 0 aliphatic heterocycles. The molecular formula is C14H17BrN2S. The zero-order chi connectivity index (χ0) is 13.1. The zero-order valence-corrected chi connectivity index (χ0v) is 13.0. The lowest BCUT2D eigenvalue weighted by Gasteiger charge is -2.09. The average molecular weight is 325 g/mol. The second-order valence-electron chi connectivity index (χ2n) is 4.54. The molecule has 1 heterocycles. The maximum Gasteiger partial charge on any atom is 0.0946 e. The summed E-state index contributed by atoms with van der Waals surface area (Å²) in [6, 6.07) is 8.47. The monoisotopic (exact) mass is 324 g/mol. The third kappa shape index (κ3) is 3.64. The van der Waals surface area contributed by atoms with Crippen LogP contribution < -0.4 is 5.73 Å². The van der Waals surface area contributed by atoms with Gasteiger partial charge in [0, 0.05) is 21.8 Å². The molecule has 0 bridgehead atoms. The molecule has 0 aliphatic rings. The number of aryl methyl sites for hydroxylation is 2. The lowest BCUT2D eigenvalue weighted by Crippen LogP contribution is -2.25. The largest absolute Gasteiger partial charge is 0.327 e. The first-order valence-corrected chi connectivity index (χ1v) is 7.58. The van der Waals surface area contributed by atoms with Crippen LogP contribution in [0.2, 0.25) is 0 Å². The van der Waals surface area contributed by atoms with Gasteiger partial charge in [-0.15, -0.1) is 11.3 Å². The molecule has 0 saturated heterocycles. The van der Waals surface area contributed by atoms with Gasteiger partial charge in [-0.1, -0.05) is 28.1 Å². The molecule has 0 spiro atoms. The van der Waals surface area contributed by atoms with E-state index in [1.165, 1.54) is 10.4 Å². The number of nitrogens with zero attached hydrogens (tertiary/aromatic N) is 1. The summed E-state index contributed by atoms with van der Waals surface area (Å²) < 4.78 is 1.10. The topological polar surface area (TPSA) is 38.9 Å². The molecule has 1 aromatic carbocycles. The number of thiazole rings is 1. The van der Waals surface area contributed by atoms with Gasteiger partial charge in [-0.25, -0.2) is 4.98 Å². The third-order valence-corrected chi connectivity index (χ3v) is 4.54. The molecule has 2 aromatic rings. The summed E-state index contributed by atoms with van der Waals surface area (Å²) in [6.45, 7) is 4.16. The Morgan fingerprint density at radius 1 is 1.22 bits per heavy atom. The summed E-state index contributed by atoms with van der Waals surface area (Å²) >= 11 is 5.19. The van der Waals surface area contributed by atoms with E-state index < -0.39 is 0 Å². The second-order valence-corrected chi connectivity index (χ2v) is 6.75. The van der Waals surface area contributed by atoms with Crippen LogP contribution in [0.4, 0.5) is 0 Å². The van der Waals surface area contributed by atoms with Gasteiger partial charge < -0.3 is 5.73 Å². The summed E-state index contributed by atoms with van der Waals surface area (Å²) in [7, 11) is 0. The summed E-state index contributed by atoms with van der Waals surface area (Å²) in [5, 5.41) is 1.15. The molecule has 96 valence electrons. The molecule has 2 rings (SSSR count). The molecule has 1 aromatic heterocycles. The fraction of sp³-hybridized carbons (Fsp3) is 0.357. The Kier molecular flexibility index (Phi) is 4.54. The van der Waals surface area contributed by atoms with E-state index in [0.29, 0.717) is 0 Å². The highest BCUT2D eigenvalue weighted by Gasteiger charge is 2.10. The van der Waals surface area contributed by atoms with Crippen LogP contribution in [0.15, 0.2) is 28.7 Å². The van der Waals surface area contributed by atoms with Crippen LogP contribution in [0.5, 0.6) is 0 Å². The highest BCUT2D eigenvalue weighted by atomic mass is 79.9. The van der Waals surface area contributed by atoms with E-state index in [1.54, 1.807) is 11.3 Å². The Morgan fingerprint density at radius 3 is 2.44 bits per heavy atom. The maximum atomic E-state index is 6.19. The predicted molar refractivity (Wildman–Crippen MR) is 81.1 cm³/mol. The summed E-state index contributed by atoms with van der Waals surface area (Å²) in [4.78, 5) is 5.83. The number of halogens is 1. The normalized spacial score (nSPS) is 12.7. The van der Waals surface area contributed by atoms with Crippen LogP contribution in [-0.2, 0) is 12.8 Å².